The maximum absolute atomic E-state index is 12.0. The summed E-state index contributed by atoms with van der Waals surface area (Å²) in [6.45, 7) is 0.729. The van der Waals surface area contributed by atoms with Gasteiger partial charge in [0.25, 0.3) is 5.91 Å². The highest BCUT2D eigenvalue weighted by Crippen LogP contribution is 2.31. The van der Waals surface area contributed by atoms with E-state index in [1.807, 2.05) is 18.2 Å². The van der Waals surface area contributed by atoms with Crippen molar-refractivity contribution < 1.29 is 14.7 Å². The van der Waals surface area contributed by atoms with E-state index in [9.17, 15) is 4.79 Å². The molecule has 1 aromatic carbocycles. The molecule has 0 saturated carbocycles. The molecule has 1 heterocycles. The number of rotatable bonds is 2. The van der Waals surface area contributed by atoms with Crippen molar-refractivity contribution in [1.29, 1.82) is 0 Å². The van der Waals surface area contributed by atoms with E-state index >= 15 is 0 Å². The third-order valence-corrected chi connectivity index (χ3v) is 4.16. The van der Waals surface area contributed by atoms with Crippen LogP contribution in [0, 0.1) is 0 Å². The van der Waals surface area contributed by atoms with Crippen LogP contribution in [-0.2, 0) is 11.2 Å². The van der Waals surface area contributed by atoms with Crippen LogP contribution in [0.5, 0.6) is 5.75 Å². The van der Waals surface area contributed by atoms with Crippen LogP contribution in [0.25, 0.3) is 0 Å². The van der Waals surface area contributed by atoms with Crippen LogP contribution in [0.2, 0.25) is 0 Å². The van der Waals surface area contributed by atoms with Crippen LogP contribution in [0.4, 0.5) is 0 Å². The monoisotopic (exact) mass is 288 g/mol. The third-order valence-electron chi connectivity index (χ3n) is 4.16. The molecule has 5 heteroatoms. The summed E-state index contributed by atoms with van der Waals surface area (Å²) >= 11 is 0. The fourth-order valence-electron chi connectivity index (χ4n) is 3.05. The maximum Gasteiger partial charge on any atom is 0.261 e. The molecule has 0 bridgehead atoms. The molecule has 2 aliphatic rings. The van der Waals surface area contributed by atoms with Crippen molar-refractivity contribution in [2.45, 2.75) is 44.6 Å². The zero-order valence-electron chi connectivity index (χ0n) is 12.0. The number of ether oxygens (including phenoxy) is 1. The van der Waals surface area contributed by atoms with E-state index in [1.54, 1.807) is 0 Å². The molecular formula is C16H20N2O3. The summed E-state index contributed by atoms with van der Waals surface area (Å²) in [7, 11) is 0. The summed E-state index contributed by atoms with van der Waals surface area (Å²) in [5.41, 5.74) is 2.69. The van der Waals surface area contributed by atoms with Crippen molar-refractivity contribution in [2.75, 3.05) is 6.54 Å². The van der Waals surface area contributed by atoms with Crippen molar-refractivity contribution in [3.05, 3.63) is 29.3 Å². The number of hydrogen-bond acceptors (Lipinski definition) is 4. The van der Waals surface area contributed by atoms with E-state index in [0.29, 0.717) is 5.71 Å². The Bertz CT molecular complexity index is 569. The molecule has 1 aromatic rings. The third kappa shape index (κ3) is 2.86. The van der Waals surface area contributed by atoms with Gasteiger partial charge in [-0.15, -0.1) is 0 Å². The van der Waals surface area contributed by atoms with Gasteiger partial charge in [-0.25, -0.2) is 0 Å². The molecule has 1 aliphatic heterocycles. The standard InChI is InChI=1S/C16H20N2O3/c19-16-15(8-1-2-10-17-16)21-14-9-4-5-11-12(14)6-3-7-13(11)18-20/h4-5,9,15,20H,1-3,6-8,10H2,(H,17,19). The highest BCUT2D eigenvalue weighted by Gasteiger charge is 2.25. The molecule has 3 rings (SSSR count). The number of oxime groups is 1. The Morgan fingerprint density at radius 1 is 1.24 bits per heavy atom. The average Bonchev–Trinajstić information content (AvgIpc) is 2.72. The number of nitrogens with one attached hydrogen (secondary N) is 1. The zero-order chi connectivity index (χ0) is 14.7. The Morgan fingerprint density at radius 2 is 2.14 bits per heavy atom. The lowest BCUT2D eigenvalue weighted by Gasteiger charge is -2.23. The summed E-state index contributed by atoms with van der Waals surface area (Å²) in [4.78, 5) is 12.0. The summed E-state index contributed by atoms with van der Waals surface area (Å²) < 4.78 is 5.99. The second kappa shape index (κ2) is 6.16. The minimum atomic E-state index is -0.421. The topological polar surface area (TPSA) is 70.9 Å². The Morgan fingerprint density at radius 3 is 3.00 bits per heavy atom. The lowest BCUT2D eigenvalue weighted by Crippen LogP contribution is -2.36. The predicted octanol–water partition coefficient (Wildman–Crippen LogP) is 2.25. The lowest BCUT2D eigenvalue weighted by molar-refractivity contribution is -0.127. The predicted molar refractivity (Wildman–Crippen MR) is 79.0 cm³/mol. The van der Waals surface area contributed by atoms with Gasteiger partial charge >= 0.3 is 0 Å². The largest absolute Gasteiger partial charge is 0.480 e. The Labute approximate surface area is 124 Å². The molecule has 0 spiro atoms. The van der Waals surface area contributed by atoms with Crippen molar-refractivity contribution in [3.8, 4) is 5.75 Å². The molecule has 1 amide bonds. The van der Waals surface area contributed by atoms with E-state index in [0.717, 1.165) is 61.9 Å². The van der Waals surface area contributed by atoms with Gasteiger partial charge in [-0.3, -0.25) is 4.79 Å². The highest BCUT2D eigenvalue weighted by molar-refractivity contribution is 6.02. The average molecular weight is 288 g/mol. The fraction of sp³-hybridized carbons (Fsp3) is 0.500. The van der Waals surface area contributed by atoms with Gasteiger partial charge in [-0.2, -0.15) is 0 Å². The number of carbonyl (C=O) groups excluding carboxylic acids is 1. The van der Waals surface area contributed by atoms with Gasteiger partial charge < -0.3 is 15.3 Å². The van der Waals surface area contributed by atoms with E-state index in [1.165, 1.54) is 0 Å². The van der Waals surface area contributed by atoms with Crippen LogP contribution >= 0.6 is 0 Å². The quantitative estimate of drug-likeness (QED) is 0.647. The van der Waals surface area contributed by atoms with Crippen LogP contribution in [-0.4, -0.2) is 29.5 Å². The summed E-state index contributed by atoms with van der Waals surface area (Å²) in [5, 5.41) is 15.4. The fourth-order valence-corrected chi connectivity index (χ4v) is 3.05. The first-order valence-electron chi connectivity index (χ1n) is 7.57. The van der Waals surface area contributed by atoms with Crippen molar-refractivity contribution in [3.63, 3.8) is 0 Å². The molecule has 1 fully saturated rings. The summed E-state index contributed by atoms with van der Waals surface area (Å²) in [6.07, 6.45) is 4.91. The molecule has 1 saturated heterocycles. The van der Waals surface area contributed by atoms with Gasteiger partial charge in [-0.1, -0.05) is 17.3 Å². The molecule has 112 valence electrons. The molecule has 21 heavy (non-hydrogen) atoms. The normalized spacial score (nSPS) is 24.1. The van der Waals surface area contributed by atoms with Gasteiger partial charge in [-0.05, 0) is 44.6 Å². The Kier molecular flexibility index (Phi) is 4.08. The lowest BCUT2D eigenvalue weighted by atomic mass is 9.89. The van der Waals surface area contributed by atoms with Crippen molar-refractivity contribution in [2.24, 2.45) is 5.16 Å². The number of hydrogen-bond donors (Lipinski definition) is 2. The second-order valence-corrected chi connectivity index (χ2v) is 5.58. The summed E-state index contributed by atoms with van der Waals surface area (Å²) in [6, 6.07) is 5.74. The van der Waals surface area contributed by atoms with E-state index in [-0.39, 0.29) is 5.91 Å². The van der Waals surface area contributed by atoms with Crippen molar-refractivity contribution >= 4 is 11.6 Å². The van der Waals surface area contributed by atoms with E-state index in [2.05, 4.69) is 10.5 Å². The van der Waals surface area contributed by atoms with Gasteiger partial charge in [0.15, 0.2) is 6.10 Å². The molecule has 2 N–H and O–H groups in total. The van der Waals surface area contributed by atoms with Gasteiger partial charge in [0.05, 0.1) is 5.71 Å². The number of nitrogens with zero attached hydrogens (tertiary/aromatic N) is 1. The van der Waals surface area contributed by atoms with E-state index < -0.39 is 6.10 Å². The number of fused-ring (bicyclic) bond motifs is 1. The van der Waals surface area contributed by atoms with Crippen molar-refractivity contribution in [1.82, 2.24) is 5.32 Å². The highest BCUT2D eigenvalue weighted by atomic mass is 16.5. The molecule has 5 nitrogen and oxygen atoms in total. The molecular weight excluding hydrogens is 268 g/mol. The smallest absolute Gasteiger partial charge is 0.261 e. The van der Waals surface area contributed by atoms with E-state index in [4.69, 9.17) is 9.94 Å². The SMILES string of the molecule is O=C1NCCCCC1Oc1cccc2c1CCCC2=NO. The minimum Gasteiger partial charge on any atom is -0.480 e. The molecule has 0 aromatic heterocycles. The Hall–Kier alpha value is -2.04. The number of carbonyl (C=O) groups is 1. The first kappa shape index (κ1) is 13.9. The van der Waals surface area contributed by atoms with Crippen LogP contribution in [0.1, 0.15) is 43.2 Å². The van der Waals surface area contributed by atoms with Crippen LogP contribution in [0.3, 0.4) is 0 Å². The van der Waals surface area contributed by atoms with Gasteiger partial charge in [0, 0.05) is 17.7 Å². The number of benzene rings is 1. The Balaban J connectivity index is 1.87. The van der Waals surface area contributed by atoms with Crippen LogP contribution < -0.4 is 10.1 Å². The van der Waals surface area contributed by atoms with Gasteiger partial charge in [0.2, 0.25) is 0 Å². The summed E-state index contributed by atoms with van der Waals surface area (Å²) in [5.74, 6) is 0.715. The molecule has 1 atom stereocenters. The second-order valence-electron chi connectivity index (χ2n) is 5.58. The number of amides is 1. The minimum absolute atomic E-state index is 0.0306. The maximum atomic E-state index is 12.0. The first-order chi connectivity index (χ1) is 10.3. The molecule has 1 unspecified atom stereocenters. The van der Waals surface area contributed by atoms with Gasteiger partial charge in [0.1, 0.15) is 5.75 Å². The zero-order valence-corrected chi connectivity index (χ0v) is 12.0. The van der Waals surface area contributed by atoms with Crippen LogP contribution in [0.15, 0.2) is 23.4 Å². The molecule has 1 aliphatic carbocycles. The molecule has 0 radical (unpaired) electrons. The first-order valence-corrected chi connectivity index (χ1v) is 7.57.